The summed E-state index contributed by atoms with van der Waals surface area (Å²) in [5, 5.41) is 9.04. The van der Waals surface area contributed by atoms with Crippen molar-refractivity contribution in [3.8, 4) is 0 Å². The van der Waals surface area contributed by atoms with E-state index in [1.165, 1.54) is 56.9 Å². The van der Waals surface area contributed by atoms with Crippen LogP contribution in [-0.4, -0.2) is 29.4 Å². The summed E-state index contributed by atoms with van der Waals surface area (Å²) < 4.78 is 12.5. The van der Waals surface area contributed by atoms with Gasteiger partial charge in [0.2, 0.25) is 0 Å². The van der Waals surface area contributed by atoms with Gasteiger partial charge in [0.1, 0.15) is 5.76 Å². The lowest BCUT2D eigenvalue weighted by Gasteiger charge is -2.46. The third kappa shape index (κ3) is 9.26. The number of ether oxygens (including phenoxy) is 2. The second-order valence-electron chi connectivity index (χ2n) is 12.5. The largest absolute Gasteiger partial charge is 0.482 e. The van der Waals surface area contributed by atoms with Gasteiger partial charge in [-0.05, 0) is 74.5 Å². The summed E-state index contributed by atoms with van der Waals surface area (Å²) in [5.74, 6) is 2.53. The highest BCUT2D eigenvalue weighted by atomic mass is 16.5. The van der Waals surface area contributed by atoms with E-state index in [1.807, 2.05) is 0 Å². The Labute approximate surface area is 215 Å². The molecule has 0 saturated carbocycles. The van der Waals surface area contributed by atoms with Crippen LogP contribution in [0.25, 0.3) is 0 Å². The van der Waals surface area contributed by atoms with Crippen molar-refractivity contribution in [2.24, 2.45) is 23.7 Å². The monoisotopic (exact) mass is 490 g/mol. The second kappa shape index (κ2) is 13.9. The summed E-state index contributed by atoms with van der Waals surface area (Å²) in [7, 11) is 0. The van der Waals surface area contributed by atoms with Gasteiger partial charge in [0.15, 0.2) is 6.61 Å². The first-order chi connectivity index (χ1) is 16.4. The van der Waals surface area contributed by atoms with Crippen LogP contribution < -0.4 is 0 Å². The molecule has 2 aliphatic rings. The molecule has 1 N–H and O–H groups in total. The van der Waals surface area contributed by atoms with Gasteiger partial charge >= 0.3 is 5.97 Å². The Morgan fingerprint density at radius 3 is 2.17 bits per heavy atom. The van der Waals surface area contributed by atoms with E-state index in [9.17, 15) is 4.79 Å². The van der Waals surface area contributed by atoms with Gasteiger partial charge in [0, 0.05) is 5.92 Å². The molecule has 2 rings (SSSR count). The highest BCUT2D eigenvalue weighted by molar-refractivity contribution is 5.68. The zero-order valence-electron chi connectivity index (χ0n) is 24.0. The summed E-state index contributed by atoms with van der Waals surface area (Å²) in [5.41, 5.74) is 3.42. The Morgan fingerprint density at radius 1 is 1.03 bits per heavy atom. The number of rotatable bonds is 15. The SMILES string of the molecule is CC1=C2CCC(C)(CCCC(C)CCCC(C)CCCC(C)C)OC2C(C)C(C)=C1OCC(=O)O. The van der Waals surface area contributed by atoms with Crippen molar-refractivity contribution >= 4 is 5.97 Å². The number of allylic oxidation sites excluding steroid dienone is 1. The van der Waals surface area contributed by atoms with Crippen LogP contribution in [0, 0.1) is 23.7 Å². The van der Waals surface area contributed by atoms with Crippen molar-refractivity contribution in [2.75, 3.05) is 6.61 Å². The van der Waals surface area contributed by atoms with Crippen molar-refractivity contribution < 1.29 is 19.4 Å². The molecule has 0 bridgehead atoms. The highest BCUT2D eigenvalue weighted by Crippen LogP contribution is 2.46. The third-order valence-electron chi connectivity index (χ3n) is 8.61. The average Bonchev–Trinajstić information content (AvgIpc) is 2.77. The minimum atomic E-state index is -0.935. The molecule has 35 heavy (non-hydrogen) atoms. The molecule has 1 saturated heterocycles. The number of aliphatic carboxylic acids is 1. The molecule has 4 heteroatoms. The Morgan fingerprint density at radius 2 is 1.60 bits per heavy atom. The molecule has 5 atom stereocenters. The standard InChI is InChI=1S/C31H54O4/c1-21(2)12-9-13-22(3)14-10-15-23(4)16-11-18-31(8)19-17-27-26(7)29(34-20-28(32)33)24(5)25(6)30(27)35-31/h21-23,25,30H,9-20H2,1-8H3,(H,32,33). The van der Waals surface area contributed by atoms with Gasteiger partial charge in [0.05, 0.1) is 11.7 Å². The molecule has 0 spiro atoms. The lowest BCUT2D eigenvalue weighted by atomic mass is 9.75. The third-order valence-corrected chi connectivity index (χ3v) is 8.61. The minimum Gasteiger partial charge on any atom is -0.482 e. The summed E-state index contributed by atoms with van der Waals surface area (Å²) in [4.78, 5) is 11.0. The van der Waals surface area contributed by atoms with Gasteiger partial charge in [-0.25, -0.2) is 4.79 Å². The number of hydrogen-bond donors (Lipinski definition) is 1. The quantitative estimate of drug-likeness (QED) is 0.249. The van der Waals surface area contributed by atoms with E-state index in [-0.39, 0.29) is 24.2 Å². The van der Waals surface area contributed by atoms with Crippen LogP contribution in [0.15, 0.2) is 22.5 Å². The Hall–Kier alpha value is -1.29. The number of hydrogen-bond acceptors (Lipinski definition) is 3. The maximum atomic E-state index is 11.0. The van der Waals surface area contributed by atoms with Crippen LogP contribution >= 0.6 is 0 Å². The first-order valence-corrected chi connectivity index (χ1v) is 14.4. The van der Waals surface area contributed by atoms with Crippen molar-refractivity contribution in [3.05, 3.63) is 22.5 Å². The van der Waals surface area contributed by atoms with Gasteiger partial charge in [-0.1, -0.05) is 86.0 Å². The number of carboxylic acids is 1. The molecule has 0 radical (unpaired) electrons. The van der Waals surface area contributed by atoms with Gasteiger partial charge < -0.3 is 14.6 Å². The zero-order valence-corrected chi connectivity index (χ0v) is 24.0. The van der Waals surface area contributed by atoms with Crippen molar-refractivity contribution in [1.29, 1.82) is 0 Å². The van der Waals surface area contributed by atoms with Gasteiger partial charge in [-0.15, -0.1) is 0 Å². The maximum absolute atomic E-state index is 11.0. The average molecular weight is 491 g/mol. The second-order valence-corrected chi connectivity index (χ2v) is 12.5. The Kier molecular flexibility index (Phi) is 11.9. The number of fused-ring (bicyclic) bond motifs is 1. The molecule has 0 aromatic carbocycles. The van der Waals surface area contributed by atoms with Crippen molar-refractivity contribution in [1.82, 2.24) is 0 Å². The first-order valence-electron chi connectivity index (χ1n) is 14.4. The minimum absolute atomic E-state index is 0.0763. The van der Waals surface area contributed by atoms with Crippen LogP contribution in [-0.2, 0) is 14.3 Å². The summed E-state index contributed by atoms with van der Waals surface area (Å²) in [6, 6.07) is 0. The summed E-state index contributed by atoms with van der Waals surface area (Å²) in [6.45, 7) is 17.8. The van der Waals surface area contributed by atoms with E-state index >= 15 is 0 Å². The fourth-order valence-corrected chi connectivity index (χ4v) is 6.00. The van der Waals surface area contributed by atoms with Gasteiger partial charge in [0.25, 0.3) is 0 Å². The van der Waals surface area contributed by atoms with E-state index in [0.29, 0.717) is 0 Å². The first kappa shape index (κ1) is 29.9. The molecule has 5 unspecified atom stereocenters. The molecular formula is C31H54O4. The summed E-state index contributed by atoms with van der Waals surface area (Å²) >= 11 is 0. The van der Waals surface area contributed by atoms with E-state index in [0.717, 1.165) is 53.9 Å². The lowest BCUT2D eigenvalue weighted by molar-refractivity contribution is -0.140. The molecule has 202 valence electrons. The maximum Gasteiger partial charge on any atom is 0.341 e. The van der Waals surface area contributed by atoms with Crippen LogP contribution in [0.1, 0.15) is 126 Å². The normalized spacial score (nSPS) is 26.7. The van der Waals surface area contributed by atoms with Crippen LogP contribution in [0.4, 0.5) is 0 Å². The number of carboxylic acid groups (broad SMARTS) is 1. The van der Waals surface area contributed by atoms with Crippen molar-refractivity contribution in [2.45, 2.75) is 138 Å². The molecule has 0 amide bonds. The fraction of sp³-hybridized carbons (Fsp3) is 0.839. The number of carbonyl (C=O) groups is 1. The van der Waals surface area contributed by atoms with Crippen molar-refractivity contribution in [3.63, 3.8) is 0 Å². The van der Waals surface area contributed by atoms with E-state index < -0.39 is 5.97 Å². The highest BCUT2D eigenvalue weighted by Gasteiger charge is 2.42. The fourth-order valence-electron chi connectivity index (χ4n) is 6.00. The van der Waals surface area contributed by atoms with E-state index in [2.05, 4.69) is 55.4 Å². The molecule has 1 aliphatic carbocycles. The molecule has 1 fully saturated rings. The van der Waals surface area contributed by atoms with Crippen LogP contribution in [0.3, 0.4) is 0 Å². The molecular weight excluding hydrogens is 436 g/mol. The molecule has 1 aliphatic heterocycles. The smallest absolute Gasteiger partial charge is 0.341 e. The summed E-state index contributed by atoms with van der Waals surface area (Å²) in [6.07, 6.45) is 14.0. The zero-order chi connectivity index (χ0) is 26.2. The molecule has 4 nitrogen and oxygen atoms in total. The Balaban J connectivity index is 1.77. The van der Waals surface area contributed by atoms with E-state index in [4.69, 9.17) is 14.6 Å². The molecule has 0 aromatic heterocycles. The topological polar surface area (TPSA) is 55.8 Å². The molecule has 1 heterocycles. The molecule has 0 aromatic rings. The predicted octanol–water partition coefficient (Wildman–Crippen LogP) is 8.70. The predicted molar refractivity (Wildman–Crippen MR) is 145 cm³/mol. The lowest BCUT2D eigenvalue weighted by Crippen LogP contribution is -2.44. The van der Waals surface area contributed by atoms with Crippen LogP contribution in [0.5, 0.6) is 0 Å². The van der Waals surface area contributed by atoms with Gasteiger partial charge in [-0.2, -0.15) is 0 Å². The van der Waals surface area contributed by atoms with E-state index in [1.54, 1.807) is 0 Å². The Bertz CT molecular complexity index is 749. The van der Waals surface area contributed by atoms with Crippen LogP contribution in [0.2, 0.25) is 0 Å². The van der Waals surface area contributed by atoms with Gasteiger partial charge in [-0.3, -0.25) is 0 Å².